The Kier molecular flexibility index (Phi) is 4.48. The van der Waals surface area contributed by atoms with Gasteiger partial charge in [0.15, 0.2) is 0 Å². The molecule has 1 aliphatic rings. The smallest absolute Gasteiger partial charge is 0.355 e. The first-order valence-electron chi connectivity index (χ1n) is 6.54. The highest BCUT2D eigenvalue weighted by molar-refractivity contribution is 7.89. The summed E-state index contributed by atoms with van der Waals surface area (Å²) < 4.78 is 60.2. The van der Waals surface area contributed by atoms with Crippen LogP contribution >= 0.6 is 0 Å². The third kappa shape index (κ3) is 4.20. The van der Waals surface area contributed by atoms with Crippen LogP contribution in [0.15, 0.2) is 24.3 Å². The maximum Gasteiger partial charge on any atom is 0.416 e. The number of carbonyl (C=O) groups excluding carboxylic acids is 1. The van der Waals surface area contributed by atoms with E-state index in [1.165, 1.54) is 18.2 Å². The summed E-state index contributed by atoms with van der Waals surface area (Å²) >= 11 is 0. The summed E-state index contributed by atoms with van der Waals surface area (Å²) in [5, 5.41) is 7.18. The normalized spacial score (nSPS) is 21.5. The summed E-state index contributed by atoms with van der Waals surface area (Å²) in [7, 11) is -3.68. The molecule has 0 bridgehead atoms. The Morgan fingerprint density at radius 3 is 2.55 bits per heavy atom. The minimum Gasteiger partial charge on any atom is -0.355 e. The van der Waals surface area contributed by atoms with Crippen LogP contribution in [-0.4, -0.2) is 26.6 Å². The zero-order valence-corrected chi connectivity index (χ0v) is 12.2. The Hall–Kier alpha value is -1.61. The van der Waals surface area contributed by atoms with Crippen molar-refractivity contribution in [2.24, 2.45) is 11.1 Å². The Morgan fingerprint density at radius 2 is 1.95 bits per heavy atom. The molecule has 0 saturated heterocycles. The van der Waals surface area contributed by atoms with Gasteiger partial charge in [0.1, 0.15) is 0 Å². The van der Waals surface area contributed by atoms with E-state index in [2.05, 4.69) is 5.32 Å². The Labute approximate surface area is 125 Å². The molecule has 1 fully saturated rings. The lowest BCUT2D eigenvalue weighted by Gasteiger charge is -2.12. The van der Waals surface area contributed by atoms with E-state index in [0.717, 1.165) is 6.07 Å². The fourth-order valence-corrected chi connectivity index (χ4v) is 2.74. The molecule has 0 aliphatic heterocycles. The lowest BCUT2D eigenvalue weighted by Crippen LogP contribution is -2.32. The van der Waals surface area contributed by atoms with Crippen molar-refractivity contribution in [3.05, 3.63) is 35.4 Å². The average Bonchev–Trinajstić information content (AvgIpc) is 3.16. The predicted molar refractivity (Wildman–Crippen MR) is 73.3 cm³/mol. The molecule has 1 amide bonds. The van der Waals surface area contributed by atoms with Gasteiger partial charge in [-0.15, -0.1) is 0 Å². The van der Waals surface area contributed by atoms with Gasteiger partial charge in [-0.05, 0) is 24.0 Å². The van der Waals surface area contributed by atoms with Gasteiger partial charge in [-0.1, -0.05) is 18.2 Å². The number of amides is 1. The number of hydrogen-bond acceptors (Lipinski definition) is 3. The van der Waals surface area contributed by atoms with Gasteiger partial charge < -0.3 is 5.32 Å². The zero-order valence-electron chi connectivity index (χ0n) is 11.4. The van der Waals surface area contributed by atoms with Crippen LogP contribution in [0.5, 0.6) is 0 Å². The molecule has 0 unspecified atom stereocenters. The molecule has 0 radical (unpaired) electrons. The van der Waals surface area contributed by atoms with Crippen LogP contribution in [0.1, 0.15) is 23.5 Å². The topological polar surface area (TPSA) is 89.3 Å². The third-order valence-electron chi connectivity index (χ3n) is 3.48. The van der Waals surface area contributed by atoms with Crippen molar-refractivity contribution in [2.75, 3.05) is 12.3 Å². The van der Waals surface area contributed by atoms with Gasteiger partial charge in [0.05, 0.1) is 11.3 Å². The SMILES string of the molecule is NS(=O)(=O)CCNC(=O)[C@@H]1C[C@@H]1c1ccccc1C(F)(F)F. The summed E-state index contributed by atoms with van der Waals surface area (Å²) in [6.07, 6.45) is -4.15. The van der Waals surface area contributed by atoms with E-state index >= 15 is 0 Å². The lowest BCUT2D eigenvalue weighted by atomic mass is 10.0. The largest absolute Gasteiger partial charge is 0.416 e. The molecule has 2 atom stereocenters. The Balaban J connectivity index is 2.00. The van der Waals surface area contributed by atoms with Crippen LogP contribution < -0.4 is 10.5 Å². The summed E-state index contributed by atoms with van der Waals surface area (Å²) in [4.78, 5) is 11.8. The molecule has 1 saturated carbocycles. The number of alkyl halides is 3. The molecule has 2 rings (SSSR count). The minimum absolute atomic E-state index is 0.0987. The van der Waals surface area contributed by atoms with E-state index in [0.29, 0.717) is 6.42 Å². The molecule has 0 aromatic heterocycles. The van der Waals surface area contributed by atoms with Gasteiger partial charge in [-0.3, -0.25) is 4.79 Å². The first-order chi connectivity index (χ1) is 10.1. The number of sulfonamides is 1. The Bertz CT molecular complexity index is 673. The van der Waals surface area contributed by atoms with Crippen molar-refractivity contribution in [3.63, 3.8) is 0 Å². The Morgan fingerprint density at radius 1 is 1.32 bits per heavy atom. The molecule has 0 heterocycles. The molecule has 1 aromatic carbocycles. The molecular weight excluding hydrogens is 321 g/mol. The second kappa shape index (κ2) is 5.88. The molecular formula is C13H15F3N2O3S. The van der Waals surface area contributed by atoms with Crippen molar-refractivity contribution in [2.45, 2.75) is 18.5 Å². The van der Waals surface area contributed by atoms with Gasteiger partial charge in [0.2, 0.25) is 15.9 Å². The highest BCUT2D eigenvalue weighted by Crippen LogP contribution is 2.50. The lowest BCUT2D eigenvalue weighted by molar-refractivity contribution is -0.138. The monoisotopic (exact) mass is 336 g/mol. The molecule has 0 spiro atoms. The number of nitrogens with one attached hydrogen (secondary N) is 1. The molecule has 22 heavy (non-hydrogen) atoms. The van der Waals surface area contributed by atoms with E-state index in [1.807, 2.05) is 0 Å². The molecule has 3 N–H and O–H groups in total. The molecule has 1 aromatic rings. The maximum absolute atomic E-state index is 12.9. The number of halogens is 3. The van der Waals surface area contributed by atoms with Gasteiger partial charge in [0, 0.05) is 12.5 Å². The number of nitrogens with two attached hydrogens (primary N) is 1. The fraction of sp³-hybridized carbons (Fsp3) is 0.462. The standard InChI is InChI=1S/C13H15F3N2O3S/c14-13(15,16)11-4-2-1-3-8(11)9-7-10(9)12(19)18-5-6-22(17,20)21/h1-4,9-10H,5-7H2,(H,18,19)(H2,17,20,21)/t9-,10-/m1/s1. The van der Waals surface area contributed by atoms with Gasteiger partial charge in [-0.25, -0.2) is 13.6 Å². The van der Waals surface area contributed by atoms with Crippen LogP contribution in [0, 0.1) is 5.92 Å². The number of primary sulfonamides is 1. The van der Waals surface area contributed by atoms with Crippen molar-refractivity contribution < 1.29 is 26.4 Å². The predicted octanol–water partition coefficient (Wildman–Crippen LogP) is 1.21. The van der Waals surface area contributed by atoms with Crippen molar-refractivity contribution >= 4 is 15.9 Å². The summed E-state index contributed by atoms with van der Waals surface area (Å²) in [6.45, 7) is -0.151. The number of rotatable bonds is 5. The van der Waals surface area contributed by atoms with Crippen molar-refractivity contribution in [1.82, 2.24) is 5.32 Å². The highest BCUT2D eigenvalue weighted by Gasteiger charge is 2.47. The maximum atomic E-state index is 12.9. The zero-order chi connectivity index (χ0) is 16.5. The van der Waals surface area contributed by atoms with Crippen LogP contribution in [0.2, 0.25) is 0 Å². The fourth-order valence-electron chi connectivity index (χ4n) is 2.35. The van der Waals surface area contributed by atoms with Crippen LogP contribution in [-0.2, 0) is 21.0 Å². The van der Waals surface area contributed by atoms with Crippen molar-refractivity contribution in [3.8, 4) is 0 Å². The van der Waals surface area contributed by atoms with Crippen LogP contribution in [0.3, 0.4) is 0 Å². The molecule has 122 valence electrons. The van der Waals surface area contributed by atoms with E-state index in [9.17, 15) is 26.4 Å². The molecule has 1 aliphatic carbocycles. The van der Waals surface area contributed by atoms with E-state index < -0.39 is 45.3 Å². The third-order valence-corrected chi connectivity index (χ3v) is 4.25. The van der Waals surface area contributed by atoms with Gasteiger partial charge >= 0.3 is 6.18 Å². The summed E-state index contributed by atoms with van der Waals surface area (Å²) in [5.74, 6) is -1.92. The molecule has 9 heteroatoms. The summed E-state index contributed by atoms with van der Waals surface area (Å²) in [5.41, 5.74) is -0.638. The highest BCUT2D eigenvalue weighted by atomic mass is 32.2. The number of carbonyl (C=O) groups is 1. The van der Waals surface area contributed by atoms with E-state index in [4.69, 9.17) is 5.14 Å². The first-order valence-corrected chi connectivity index (χ1v) is 8.25. The minimum atomic E-state index is -4.46. The van der Waals surface area contributed by atoms with Crippen LogP contribution in [0.4, 0.5) is 13.2 Å². The molecule has 5 nitrogen and oxygen atoms in total. The van der Waals surface area contributed by atoms with Gasteiger partial charge in [0.25, 0.3) is 0 Å². The number of benzene rings is 1. The quantitative estimate of drug-likeness (QED) is 0.847. The second-order valence-corrected chi connectivity index (χ2v) is 6.93. The second-order valence-electron chi connectivity index (χ2n) is 5.19. The van der Waals surface area contributed by atoms with Crippen LogP contribution in [0.25, 0.3) is 0 Å². The van der Waals surface area contributed by atoms with Gasteiger partial charge in [-0.2, -0.15) is 13.2 Å². The number of hydrogen-bond donors (Lipinski definition) is 2. The van der Waals surface area contributed by atoms with E-state index in [1.54, 1.807) is 0 Å². The van der Waals surface area contributed by atoms with E-state index in [-0.39, 0.29) is 12.1 Å². The first kappa shape index (κ1) is 16.8. The summed E-state index contributed by atoms with van der Waals surface area (Å²) in [6, 6.07) is 5.16. The average molecular weight is 336 g/mol. The van der Waals surface area contributed by atoms with Crippen molar-refractivity contribution in [1.29, 1.82) is 0 Å².